The highest BCUT2D eigenvalue weighted by molar-refractivity contribution is 7.90. The van der Waals surface area contributed by atoms with Gasteiger partial charge in [-0.15, -0.1) is 0 Å². The van der Waals surface area contributed by atoms with Crippen LogP contribution in [0.1, 0.15) is 29.0 Å². The number of rotatable bonds is 5. The summed E-state index contributed by atoms with van der Waals surface area (Å²) in [5.41, 5.74) is -1.24. The van der Waals surface area contributed by atoms with Crippen LogP contribution in [0.4, 0.5) is 18.9 Å². The zero-order valence-corrected chi connectivity index (χ0v) is 16.4. The summed E-state index contributed by atoms with van der Waals surface area (Å²) in [7, 11) is -3.50. The van der Waals surface area contributed by atoms with Crippen molar-refractivity contribution in [3.8, 4) is 0 Å². The molecule has 29 heavy (non-hydrogen) atoms. The van der Waals surface area contributed by atoms with E-state index >= 15 is 0 Å². The minimum atomic E-state index is -4.69. The van der Waals surface area contributed by atoms with Gasteiger partial charge in [0.15, 0.2) is 15.5 Å². The number of hydrogen-bond donors (Lipinski definition) is 1. The summed E-state index contributed by atoms with van der Waals surface area (Å²) in [4.78, 5) is 12.7. The summed E-state index contributed by atoms with van der Waals surface area (Å²) in [6.07, 6.45) is -2.34. The minimum absolute atomic E-state index is 0.0120. The van der Waals surface area contributed by atoms with Crippen LogP contribution in [0.3, 0.4) is 0 Å². The number of carbonyl (C=O) groups is 1. The number of hydrogen-bond acceptors (Lipinski definition) is 5. The number of nitrogens with one attached hydrogen (secondary N) is 1. The number of benzene rings is 1. The number of anilines is 1. The topological polar surface area (TPSA) is 90.3 Å². The molecule has 0 bridgehead atoms. The second-order valence-corrected chi connectivity index (χ2v) is 8.92. The maximum Gasteiger partial charge on any atom is 0.435 e. The average molecular weight is 431 g/mol. The van der Waals surface area contributed by atoms with Gasteiger partial charge in [0.2, 0.25) is 0 Å². The van der Waals surface area contributed by atoms with Crippen molar-refractivity contribution < 1.29 is 31.1 Å². The lowest BCUT2D eigenvalue weighted by molar-refractivity contribution is -0.141. The van der Waals surface area contributed by atoms with E-state index in [0.717, 1.165) is 10.9 Å². The van der Waals surface area contributed by atoms with Crippen LogP contribution >= 0.6 is 0 Å². The Labute approximate surface area is 165 Å². The molecule has 0 spiro atoms. The average Bonchev–Trinajstić information content (AvgIpc) is 3.06. The molecule has 158 valence electrons. The molecule has 1 N–H and O–H groups in total. The number of alkyl halides is 3. The van der Waals surface area contributed by atoms with Gasteiger partial charge in [-0.3, -0.25) is 9.48 Å². The van der Waals surface area contributed by atoms with Crippen LogP contribution in [-0.4, -0.2) is 43.6 Å². The van der Waals surface area contributed by atoms with Crippen molar-refractivity contribution in [1.29, 1.82) is 0 Å². The number of sulfone groups is 1. The van der Waals surface area contributed by atoms with Gasteiger partial charge in [-0.2, -0.15) is 18.3 Å². The second-order valence-electron chi connectivity index (χ2n) is 6.90. The molecule has 1 saturated heterocycles. The van der Waals surface area contributed by atoms with Crippen molar-refractivity contribution in [1.82, 2.24) is 9.78 Å². The fourth-order valence-electron chi connectivity index (χ4n) is 3.05. The molecule has 7 nitrogen and oxygen atoms in total. The minimum Gasteiger partial charge on any atom is -0.381 e. The molecule has 3 rings (SSSR count). The van der Waals surface area contributed by atoms with Crippen molar-refractivity contribution >= 4 is 21.4 Å². The molecule has 0 saturated carbocycles. The van der Waals surface area contributed by atoms with E-state index in [9.17, 15) is 26.4 Å². The van der Waals surface area contributed by atoms with Crippen molar-refractivity contribution in [3.05, 3.63) is 41.7 Å². The van der Waals surface area contributed by atoms with Crippen LogP contribution in [0.15, 0.2) is 35.2 Å². The number of halogens is 3. The lowest BCUT2D eigenvalue weighted by Crippen LogP contribution is -2.24. The van der Waals surface area contributed by atoms with E-state index in [-0.39, 0.29) is 28.7 Å². The zero-order chi connectivity index (χ0) is 21.2. The van der Waals surface area contributed by atoms with Crippen LogP contribution in [0.5, 0.6) is 0 Å². The molecule has 0 unspecified atom stereocenters. The first-order valence-electron chi connectivity index (χ1n) is 8.88. The molecule has 2 aromatic rings. The summed E-state index contributed by atoms with van der Waals surface area (Å²) in [6, 6.07) is 6.21. The number of carbonyl (C=O) groups excluding carboxylic acids is 1. The summed E-state index contributed by atoms with van der Waals surface area (Å²) < 4.78 is 69.1. The molecule has 1 fully saturated rings. The van der Waals surface area contributed by atoms with E-state index in [0.29, 0.717) is 32.1 Å². The van der Waals surface area contributed by atoms with E-state index < -0.39 is 27.6 Å². The molecular formula is C18H20F3N3O4S. The molecule has 1 aromatic carbocycles. The number of ether oxygens (including phenoxy) is 1. The van der Waals surface area contributed by atoms with E-state index in [1.807, 2.05) is 0 Å². The lowest BCUT2D eigenvalue weighted by Gasteiger charge is -2.22. The van der Waals surface area contributed by atoms with Crippen LogP contribution in [0.25, 0.3) is 0 Å². The van der Waals surface area contributed by atoms with Gasteiger partial charge in [0, 0.05) is 37.8 Å². The Hall–Kier alpha value is -2.40. The Morgan fingerprint density at radius 1 is 1.28 bits per heavy atom. The largest absolute Gasteiger partial charge is 0.435 e. The van der Waals surface area contributed by atoms with Crippen LogP contribution < -0.4 is 5.32 Å². The molecule has 1 aliphatic heterocycles. The van der Waals surface area contributed by atoms with Gasteiger partial charge in [-0.1, -0.05) is 6.07 Å². The van der Waals surface area contributed by atoms with Gasteiger partial charge in [0.05, 0.1) is 4.90 Å². The fourth-order valence-corrected chi connectivity index (χ4v) is 3.72. The number of aromatic nitrogens is 2. The highest BCUT2D eigenvalue weighted by atomic mass is 32.2. The number of amides is 1. The third-order valence-corrected chi connectivity index (χ3v) is 5.71. The SMILES string of the molecule is CS(=O)(=O)c1cccc(NC(=O)c2cc(C(F)(F)F)nn2CC2CCOCC2)c1. The van der Waals surface area contributed by atoms with E-state index in [1.54, 1.807) is 0 Å². The first kappa shape index (κ1) is 21.3. The van der Waals surface area contributed by atoms with Gasteiger partial charge in [-0.05, 0) is 37.0 Å². The molecule has 0 radical (unpaired) electrons. The lowest BCUT2D eigenvalue weighted by atomic mass is 10.0. The van der Waals surface area contributed by atoms with Crippen molar-refractivity contribution in [3.63, 3.8) is 0 Å². The van der Waals surface area contributed by atoms with E-state index in [1.165, 1.54) is 24.3 Å². The third kappa shape index (κ3) is 5.36. The third-order valence-electron chi connectivity index (χ3n) is 4.60. The summed E-state index contributed by atoms with van der Waals surface area (Å²) in [6.45, 7) is 1.18. The van der Waals surface area contributed by atoms with Crippen molar-refractivity contribution in [2.24, 2.45) is 5.92 Å². The van der Waals surface area contributed by atoms with Gasteiger partial charge < -0.3 is 10.1 Å². The molecule has 0 atom stereocenters. The maximum absolute atomic E-state index is 13.1. The molecule has 1 aromatic heterocycles. The van der Waals surface area contributed by atoms with Gasteiger partial charge in [0.25, 0.3) is 5.91 Å². The number of nitrogens with zero attached hydrogens (tertiary/aromatic N) is 2. The molecule has 2 heterocycles. The van der Waals surface area contributed by atoms with Crippen LogP contribution in [0, 0.1) is 5.92 Å². The normalized spacial score (nSPS) is 16.0. The smallest absolute Gasteiger partial charge is 0.381 e. The van der Waals surface area contributed by atoms with Gasteiger partial charge in [0.1, 0.15) is 5.69 Å². The zero-order valence-electron chi connectivity index (χ0n) is 15.6. The van der Waals surface area contributed by atoms with E-state index in [2.05, 4.69) is 10.4 Å². The first-order chi connectivity index (χ1) is 13.5. The Morgan fingerprint density at radius 3 is 2.59 bits per heavy atom. The monoisotopic (exact) mass is 431 g/mol. The van der Waals surface area contributed by atoms with Crippen molar-refractivity contribution in [2.75, 3.05) is 24.8 Å². The summed E-state index contributed by atoms with van der Waals surface area (Å²) in [5, 5.41) is 6.05. The quantitative estimate of drug-likeness (QED) is 0.786. The van der Waals surface area contributed by atoms with Gasteiger partial charge >= 0.3 is 6.18 Å². The molecule has 1 aliphatic rings. The predicted octanol–water partition coefficient (Wildman–Crippen LogP) is 2.98. The standard InChI is InChI=1S/C18H20F3N3O4S/c1-29(26,27)14-4-2-3-13(9-14)22-17(25)15-10-16(18(19,20)21)23-24(15)11-12-5-7-28-8-6-12/h2-4,9-10,12H,5-8,11H2,1H3,(H,22,25). The summed E-state index contributed by atoms with van der Waals surface area (Å²) in [5.74, 6) is -0.754. The molecule has 1 amide bonds. The first-order valence-corrected chi connectivity index (χ1v) is 10.8. The molecule has 11 heteroatoms. The van der Waals surface area contributed by atoms with Crippen LogP contribution in [0.2, 0.25) is 0 Å². The Balaban J connectivity index is 1.87. The van der Waals surface area contributed by atoms with Crippen LogP contribution in [-0.2, 0) is 27.3 Å². The fraction of sp³-hybridized carbons (Fsp3) is 0.444. The Kier molecular flexibility index (Phi) is 5.99. The predicted molar refractivity (Wildman–Crippen MR) is 98.3 cm³/mol. The molecular weight excluding hydrogens is 411 g/mol. The molecule has 0 aliphatic carbocycles. The Morgan fingerprint density at radius 2 is 1.97 bits per heavy atom. The van der Waals surface area contributed by atoms with E-state index in [4.69, 9.17) is 4.74 Å². The maximum atomic E-state index is 13.1. The highest BCUT2D eigenvalue weighted by Gasteiger charge is 2.36. The van der Waals surface area contributed by atoms with Gasteiger partial charge in [-0.25, -0.2) is 8.42 Å². The highest BCUT2D eigenvalue weighted by Crippen LogP contribution is 2.30. The Bertz CT molecular complexity index is 996. The van der Waals surface area contributed by atoms with Crippen molar-refractivity contribution in [2.45, 2.75) is 30.5 Å². The second kappa shape index (κ2) is 8.15. The summed E-state index contributed by atoms with van der Waals surface area (Å²) >= 11 is 0.